The van der Waals surface area contributed by atoms with Crippen molar-refractivity contribution >= 4 is 17.3 Å². The third-order valence-electron chi connectivity index (χ3n) is 5.80. The van der Waals surface area contributed by atoms with Gasteiger partial charge in [-0.2, -0.15) is 4.98 Å². The lowest BCUT2D eigenvalue weighted by Crippen LogP contribution is -2.21. The first-order valence-corrected chi connectivity index (χ1v) is 11.1. The number of nitrogens with zero attached hydrogens (tertiary/aromatic N) is 3. The van der Waals surface area contributed by atoms with Crippen molar-refractivity contribution in [1.29, 1.82) is 0 Å². The van der Waals surface area contributed by atoms with Gasteiger partial charge in [0, 0.05) is 42.3 Å². The van der Waals surface area contributed by atoms with Gasteiger partial charge in [-0.1, -0.05) is 19.4 Å². The molecule has 0 atom stereocenters. The lowest BCUT2D eigenvalue weighted by molar-refractivity contribution is 0.577. The third-order valence-corrected chi connectivity index (χ3v) is 5.80. The number of benzene rings is 2. The zero-order valence-corrected chi connectivity index (χ0v) is 18.5. The maximum absolute atomic E-state index is 13.8. The molecular weight excluding hydrogens is 410 g/mol. The first kappa shape index (κ1) is 22.0. The van der Waals surface area contributed by atoms with Crippen LogP contribution >= 0.6 is 0 Å². The summed E-state index contributed by atoms with van der Waals surface area (Å²) in [5.41, 5.74) is 3.74. The van der Waals surface area contributed by atoms with Crippen molar-refractivity contribution in [3.05, 3.63) is 81.3 Å². The van der Waals surface area contributed by atoms with E-state index >= 15 is 0 Å². The van der Waals surface area contributed by atoms with Crippen LogP contribution in [0.1, 0.15) is 42.9 Å². The van der Waals surface area contributed by atoms with Gasteiger partial charge in [-0.25, -0.2) is 8.78 Å². The summed E-state index contributed by atoms with van der Waals surface area (Å²) in [4.78, 5) is 19.2. The number of aryl methyl sites for hydroxylation is 2. The molecule has 0 unspecified atom stereocenters. The predicted octanol–water partition coefficient (Wildman–Crippen LogP) is 5.17. The van der Waals surface area contributed by atoms with Gasteiger partial charge in [0.2, 0.25) is 5.95 Å². The quantitative estimate of drug-likeness (QED) is 0.553. The van der Waals surface area contributed by atoms with Gasteiger partial charge in [-0.15, -0.1) is 0 Å². The van der Waals surface area contributed by atoms with E-state index in [4.69, 9.17) is 0 Å². The topological polar surface area (TPSA) is 50.2 Å². The monoisotopic (exact) mass is 438 g/mol. The second kappa shape index (κ2) is 9.51. The lowest BCUT2D eigenvalue weighted by Gasteiger charge is -2.21. The average molecular weight is 439 g/mol. The highest BCUT2D eigenvalue weighted by molar-refractivity contribution is 5.66. The minimum Gasteiger partial charge on any atom is -0.371 e. The Labute approximate surface area is 186 Å². The van der Waals surface area contributed by atoms with Crippen LogP contribution in [0.3, 0.4) is 0 Å². The highest BCUT2D eigenvalue weighted by Gasteiger charge is 2.15. The fourth-order valence-corrected chi connectivity index (χ4v) is 4.13. The molecule has 2 heterocycles. The van der Waals surface area contributed by atoms with Gasteiger partial charge in [0.15, 0.2) is 0 Å². The molecule has 1 N–H and O–H groups in total. The number of hydrogen-bond donors (Lipinski definition) is 1. The average Bonchev–Trinajstić information content (AvgIpc) is 3.27. The van der Waals surface area contributed by atoms with E-state index in [-0.39, 0.29) is 12.1 Å². The minimum absolute atomic E-state index is 0.186. The van der Waals surface area contributed by atoms with E-state index in [0.717, 1.165) is 42.5 Å². The predicted molar refractivity (Wildman–Crippen MR) is 124 cm³/mol. The van der Waals surface area contributed by atoms with Crippen LogP contribution in [0.4, 0.5) is 26.1 Å². The van der Waals surface area contributed by atoms with E-state index in [1.54, 1.807) is 10.8 Å². The summed E-state index contributed by atoms with van der Waals surface area (Å²) in [6, 6.07) is 9.66. The molecule has 2 aromatic carbocycles. The molecule has 3 aromatic rings. The number of nitrogens with one attached hydrogen (secondary N) is 1. The van der Waals surface area contributed by atoms with E-state index in [1.165, 1.54) is 25.0 Å². The van der Waals surface area contributed by atoms with Crippen molar-refractivity contribution in [2.45, 2.75) is 46.1 Å². The fraction of sp³-hybridized carbons (Fsp3) is 0.360. The molecule has 0 saturated carbocycles. The molecule has 0 aliphatic carbocycles. The van der Waals surface area contributed by atoms with Gasteiger partial charge in [-0.05, 0) is 61.6 Å². The highest BCUT2D eigenvalue weighted by Crippen LogP contribution is 2.28. The van der Waals surface area contributed by atoms with E-state index in [1.807, 2.05) is 19.9 Å². The molecule has 32 heavy (non-hydrogen) atoms. The van der Waals surface area contributed by atoms with Crippen molar-refractivity contribution < 1.29 is 8.78 Å². The zero-order chi connectivity index (χ0) is 22.7. The molecule has 0 amide bonds. The van der Waals surface area contributed by atoms with Crippen LogP contribution in [0.25, 0.3) is 0 Å². The van der Waals surface area contributed by atoms with Crippen molar-refractivity contribution in [2.75, 3.05) is 23.3 Å². The van der Waals surface area contributed by atoms with E-state index in [9.17, 15) is 13.6 Å². The maximum atomic E-state index is 13.8. The third kappa shape index (κ3) is 4.98. The Morgan fingerprint density at radius 3 is 2.47 bits per heavy atom. The number of aromatic nitrogens is 2. The first-order valence-electron chi connectivity index (χ1n) is 11.1. The Morgan fingerprint density at radius 2 is 1.78 bits per heavy atom. The fourth-order valence-electron chi connectivity index (χ4n) is 4.13. The molecule has 0 radical (unpaired) electrons. The SMILES string of the molecule is CCCc1cn(Cc2cc(F)cc(F)c2)c(Nc2cc(N3CCCC3)ccc2C)nc1=O. The van der Waals surface area contributed by atoms with Crippen LogP contribution < -0.4 is 15.8 Å². The van der Waals surface area contributed by atoms with Crippen LogP contribution in [0.5, 0.6) is 0 Å². The van der Waals surface area contributed by atoms with Crippen LogP contribution in [0.2, 0.25) is 0 Å². The molecular formula is C25H28F2N4O. The van der Waals surface area contributed by atoms with Crippen LogP contribution in [-0.2, 0) is 13.0 Å². The molecule has 1 aliphatic rings. The van der Waals surface area contributed by atoms with Crippen molar-refractivity contribution in [2.24, 2.45) is 0 Å². The van der Waals surface area contributed by atoms with E-state index in [0.29, 0.717) is 23.5 Å². The van der Waals surface area contributed by atoms with Crippen molar-refractivity contribution in [3.8, 4) is 0 Å². The van der Waals surface area contributed by atoms with Crippen LogP contribution in [0, 0.1) is 18.6 Å². The van der Waals surface area contributed by atoms with E-state index in [2.05, 4.69) is 27.3 Å². The summed E-state index contributed by atoms with van der Waals surface area (Å²) in [6.07, 6.45) is 5.49. The number of rotatable bonds is 7. The van der Waals surface area contributed by atoms with Gasteiger partial charge in [0.1, 0.15) is 11.6 Å². The Balaban J connectivity index is 1.72. The molecule has 4 rings (SSSR count). The standard InChI is InChI=1S/C25H28F2N4O/c1-3-6-19-16-31(15-18-11-20(26)13-21(27)12-18)25(29-24(19)32)28-23-14-22(8-7-17(23)2)30-9-4-5-10-30/h7-8,11-14,16H,3-6,9-10,15H2,1-2H3,(H,28,29,32). The first-order chi connectivity index (χ1) is 15.4. The molecule has 0 spiro atoms. The molecule has 1 aromatic heterocycles. The molecule has 1 saturated heterocycles. The van der Waals surface area contributed by atoms with E-state index < -0.39 is 11.6 Å². The molecule has 0 bridgehead atoms. The van der Waals surface area contributed by atoms with Gasteiger partial charge in [0.25, 0.3) is 5.56 Å². The number of anilines is 3. The Bertz CT molecular complexity index is 1150. The van der Waals surface area contributed by atoms with Gasteiger partial charge in [-0.3, -0.25) is 4.79 Å². The summed E-state index contributed by atoms with van der Waals surface area (Å²) in [5, 5.41) is 3.30. The largest absolute Gasteiger partial charge is 0.371 e. The summed E-state index contributed by atoms with van der Waals surface area (Å²) in [5.74, 6) is -0.917. The second-order valence-electron chi connectivity index (χ2n) is 8.37. The lowest BCUT2D eigenvalue weighted by atomic mass is 10.1. The zero-order valence-electron chi connectivity index (χ0n) is 18.5. The molecule has 168 valence electrons. The molecule has 1 aliphatic heterocycles. The van der Waals surface area contributed by atoms with Gasteiger partial charge < -0.3 is 14.8 Å². The molecule has 5 nitrogen and oxygen atoms in total. The van der Waals surface area contributed by atoms with Gasteiger partial charge in [0.05, 0.1) is 6.54 Å². The normalized spacial score (nSPS) is 13.6. The minimum atomic E-state index is -0.633. The Morgan fingerprint density at radius 1 is 1.06 bits per heavy atom. The summed E-state index contributed by atoms with van der Waals surface area (Å²) >= 11 is 0. The molecule has 1 fully saturated rings. The summed E-state index contributed by atoms with van der Waals surface area (Å²) < 4.78 is 29.3. The van der Waals surface area contributed by atoms with Crippen LogP contribution in [-0.4, -0.2) is 22.6 Å². The van der Waals surface area contributed by atoms with Crippen molar-refractivity contribution in [3.63, 3.8) is 0 Å². The van der Waals surface area contributed by atoms with Crippen molar-refractivity contribution in [1.82, 2.24) is 9.55 Å². The van der Waals surface area contributed by atoms with Gasteiger partial charge >= 0.3 is 0 Å². The van der Waals surface area contributed by atoms with Crippen LogP contribution in [0.15, 0.2) is 47.4 Å². The number of hydrogen-bond acceptors (Lipinski definition) is 4. The maximum Gasteiger partial charge on any atom is 0.277 e. The highest BCUT2D eigenvalue weighted by atomic mass is 19.1. The number of halogens is 2. The summed E-state index contributed by atoms with van der Waals surface area (Å²) in [7, 11) is 0. The Hall–Kier alpha value is -3.22. The smallest absolute Gasteiger partial charge is 0.277 e. The second-order valence-corrected chi connectivity index (χ2v) is 8.37. The molecule has 7 heteroatoms. The Kier molecular flexibility index (Phi) is 6.53. The summed E-state index contributed by atoms with van der Waals surface area (Å²) in [6.45, 7) is 6.23.